The minimum absolute atomic E-state index is 0.204. The molecule has 0 N–H and O–H groups in total. The Balaban J connectivity index is 3.14. The van der Waals surface area contributed by atoms with Crippen LogP contribution in [0.15, 0.2) is 24.3 Å². The Kier molecular flexibility index (Phi) is 3.02. The summed E-state index contributed by atoms with van der Waals surface area (Å²) in [5.74, 6) is -2.28. The van der Waals surface area contributed by atoms with Crippen LogP contribution in [-0.4, -0.2) is 18.9 Å². The van der Waals surface area contributed by atoms with Gasteiger partial charge in [-0.15, -0.1) is 5.46 Å². The molecule has 0 spiro atoms. The first-order chi connectivity index (χ1) is 7.12. The van der Waals surface area contributed by atoms with Gasteiger partial charge < -0.3 is 12.9 Å². The van der Waals surface area contributed by atoms with E-state index in [0.29, 0.717) is 12.1 Å². The number of ketones is 1. The van der Waals surface area contributed by atoms with Crippen molar-refractivity contribution in [3.8, 4) is 0 Å². The maximum Gasteiger partial charge on any atom is 0.509 e. The van der Waals surface area contributed by atoms with Crippen molar-refractivity contribution in [1.29, 1.82) is 0 Å². The van der Waals surface area contributed by atoms with Crippen molar-refractivity contribution in [3.63, 3.8) is 0 Å². The molecular formula is C8H4BF6O-. The highest BCUT2D eigenvalue weighted by Gasteiger charge is 2.39. The zero-order chi connectivity index (χ0) is 12.6. The first-order valence-electron chi connectivity index (χ1n) is 4.04. The van der Waals surface area contributed by atoms with E-state index in [1.54, 1.807) is 0 Å². The van der Waals surface area contributed by atoms with Crippen LogP contribution in [0.4, 0.5) is 26.1 Å². The fraction of sp³-hybridized carbons (Fsp3) is 0.125. The molecule has 88 valence electrons. The van der Waals surface area contributed by atoms with Crippen molar-refractivity contribution in [2.24, 2.45) is 0 Å². The summed E-state index contributed by atoms with van der Waals surface area (Å²) >= 11 is 0. The van der Waals surface area contributed by atoms with E-state index in [0.717, 1.165) is 6.07 Å². The SMILES string of the molecule is O=C(c1cccc([B-](F)(F)F)c1)C(F)(F)F. The molecule has 1 aromatic rings. The van der Waals surface area contributed by atoms with E-state index in [-0.39, 0.29) is 6.07 Å². The molecule has 0 aromatic heterocycles. The van der Waals surface area contributed by atoms with Crippen molar-refractivity contribution in [2.45, 2.75) is 6.18 Å². The van der Waals surface area contributed by atoms with Gasteiger partial charge in [0, 0.05) is 5.56 Å². The third-order valence-electron chi connectivity index (χ3n) is 1.78. The van der Waals surface area contributed by atoms with E-state index in [4.69, 9.17) is 0 Å². The van der Waals surface area contributed by atoms with Gasteiger partial charge in [-0.1, -0.05) is 24.3 Å². The minimum atomic E-state index is -5.41. The van der Waals surface area contributed by atoms with Gasteiger partial charge in [-0.2, -0.15) is 13.2 Å². The van der Waals surface area contributed by atoms with Crippen LogP contribution in [0.2, 0.25) is 0 Å². The summed E-state index contributed by atoms with van der Waals surface area (Å²) < 4.78 is 72.4. The lowest BCUT2D eigenvalue weighted by atomic mass is 9.79. The van der Waals surface area contributed by atoms with E-state index >= 15 is 0 Å². The molecule has 0 saturated carbocycles. The third-order valence-corrected chi connectivity index (χ3v) is 1.78. The molecule has 8 heteroatoms. The molecule has 0 fully saturated rings. The van der Waals surface area contributed by atoms with Crippen LogP contribution in [0.25, 0.3) is 0 Å². The number of hydrogen-bond donors (Lipinski definition) is 0. The van der Waals surface area contributed by atoms with Crippen LogP contribution < -0.4 is 5.46 Å². The lowest BCUT2D eigenvalue weighted by Gasteiger charge is -2.15. The Morgan fingerprint density at radius 2 is 1.69 bits per heavy atom. The molecule has 0 amide bonds. The fourth-order valence-corrected chi connectivity index (χ4v) is 1.05. The number of rotatable bonds is 2. The second kappa shape index (κ2) is 3.84. The van der Waals surface area contributed by atoms with Crippen LogP contribution in [0.1, 0.15) is 10.4 Å². The first-order valence-corrected chi connectivity index (χ1v) is 4.04. The molecule has 0 aliphatic heterocycles. The van der Waals surface area contributed by atoms with Crippen molar-refractivity contribution in [3.05, 3.63) is 29.8 Å². The van der Waals surface area contributed by atoms with Gasteiger partial charge in [-0.05, 0) is 0 Å². The normalized spacial score (nSPS) is 12.6. The first kappa shape index (κ1) is 12.6. The molecule has 1 nitrogen and oxygen atoms in total. The second-order valence-electron chi connectivity index (χ2n) is 3.03. The Bertz CT molecular complexity index is 408. The fourth-order valence-electron chi connectivity index (χ4n) is 1.05. The summed E-state index contributed by atoms with van der Waals surface area (Å²) in [6.07, 6.45) is -5.17. The predicted molar refractivity (Wildman–Crippen MR) is 45.5 cm³/mol. The smallest absolute Gasteiger partial charge is 0.445 e. The van der Waals surface area contributed by atoms with Gasteiger partial charge in [-0.3, -0.25) is 4.79 Å². The third kappa shape index (κ3) is 2.77. The minimum Gasteiger partial charge on any atom is -0.445 e. The van der Waals surface area contributed by atoms with Gasteiger partial charge >= 0.3 is 13.2 Å². The standard InChI is InChI=1S/C8H4BF6O/c10-8(11,12)7(16)5-2-1-3-6(4-5)9(13,14)15/h1-4H/q-1. The molecule has 16 heavy (non-hydrogen) atoms. The lowest BCUT2D eigenvalue weighted by molar-refractivity contribution is -0.0885. The summed E-state index contributed by atoms with van der Waals surface area (Å²) in [6.45, 7) is -5.41. The zero-order valence-corrected chi connectivity index (χ0v) is 7.56. The van der Waals surface area contributed by atoms with Gasteiger partial charge in [-0.25, -0.2) is 0 Å². The van der Waals surface area contributed by atoms with E-state index in [9.17, 15) is 30.9 Å². The van der Waals surface area contributed by atoms with Crippen molar-refractivity contribution in [2.75, 3.05) is 0 Å². The maximum absolute atomic E-state index is 12.2. The number of halogens is 6. The highest BCUT2D eigenvalue weighted by atomic mass is 19.4. The van der Waals surface area contributed by atoms with Crippen molar-refractivity contribution >= 4 is 18.2 Å². The Morgan fingerprint density at radius 3 is 2.12 bits per heavy atom. The van der Waals surface area contributed by atoms with E-state index < -0.39 is 30.0 Å². The highest BCUT2D eigenvalue weighted by molar-refractivity contribution is 6.73. The lowest BCUT2D eigenvalue weighted by Crippen LogP contribution is -2.35. The monoisotopic (exact) mass is 241 g/mol. The number of carbonyl (C=O) groups is 1. The van der Waals surface area contributed by atoms with Crippen LogP contribution in [-0.2, 0) is 0 Å². The van der Waals surface area contributed by atoms with Crippen molar-refractivity contribution in [1.82, 2.24) is 0 Å². The Hall–Kier alpha value is -1.47. The largest absolute Gasteiger partial charge is 0.509 e. The molecule has 0 bridgehead atoms. The summed E-state index contributed by atoms with van der Waals surface area (Å²) in [7, 11) is 0. The maximum atomic E-state index is 12.2. The molecule has 1 rings (SSSR count). The second-order valence-corrected chi connectivity index (χ2v) is 3.03. The summed E-state index contributed by atoms with van der Waals surface area (Å²) in [5.41, 5.74) is -2.24. The number of Topliss-reactive ketones (excluding diaryl/α,β-unsaturated/α-hetero) is 1. The highest BCUT2D eigenvalue weighted by Crippen LogP contribution is 2.21. The average molecular weight is 241 g/mol. The van der Waals surface area contributed by atoms with Crippen LogP contribution in [0.5, 0.6) is 0 Å². The van der Waals surface area contributed by atoms with Crippen LogP contribution >= 0.6 is 0 Å². The van der Waals surface area contributed by atoms with Gasteiger partial charge in [0.2, 0.25) is 0 Å². The average Bonchev–Trinajstić information content (AvgIpc) is 2.14. The van der Waals surface area contributed by atoms with E-state index in [2.05, 4.69) is 0 Å². The zero-order valence-electron chi connectivity index (χ0n) is 7.56. The number of carbonyl (C=O) groups excluding carboxylic acids is 1. The topological polar surface area (TPSA) is 17.1 Å². The Morgan fingerprint density at radius 1 is 1.12 bits per heavy atom. The molecule has 0 atom stereocenters. The number of alkyl halides is 3. The predicted octanol–water partition coefficient (Wildman–Crippen LogP) is 2.49. The van der Waals surface area contributed by atoms with E-state index in [1.165, 1.54) is 0 Å². The molecule has 0 heterocycles. The van der Waals surface area contributed by atoms with E-state index in [1.807, 2.05) is 0 Å². The summed E-state index contributed by atoms with van der Waals surface area (Å²) in [6, 6.07) is 2.29. The Labute approximate surface area is 86.1 Å². The molecule has 1 aromatic carbocycles. The molecule has 0 unspecified atom stereocenters. The van der Waals surface area contributed by atoms with Crippen LogP contribution in [0, 0.1) is 0 Å². The molecule has 0 saturated heterocycles. The van der Waals surface area contributed by atoms with Crippen molar-refractivity contribution < 1.29 is 30.9 Å². The summed E-state index contributed by atoms with van der Waals surface area (Å²) in [5, 5.41) is 0. The summed E-state index contributed by atoms with van der Waals surface area (Å²) in [4.78, 5) is 10.7. The van der Waals surface area contributed by atoms with Gasteiger partial charge in [0.25, 0.3) is 5.78 Å². The van der Waals surface area contributed by atoms with Gasteiger partial charge in [0.05, 0.1) is 0 Å². The van der Waals surface area contributed by atoms with Crippen LogP contribution in [0.3, 0.4) is 0 Å². The molecule has 0 radical (unpaired) electrons. The molecular weight excluding hydrogens is 237 g/mol. The van der Waals surface area contributed by atoms with Gasteiger partial charge in [0.1, 0.15) is 0 Å². The van der Waals surface area contributed by atoms with Gasteiger partial charge in [0.15, 0.2) is 0 Å². The quantitative estimate of drug-likeness (QED) is 0.441. The molecule has 0 aliphatic carbocycles. The number of hydrogen-bond acceptors (Lipinski definition) is 1. The molecule has 0 aliphatic rings. The number of benzene rings is 1.